The van der Waals surface area contributed by atoms with Crippen LogP contribution in [0.2, 0.25) is 0 Å². The van der Waals surface area contributed by atoms with Crippen LogP contribution < -0.4 is 0 Å². The van der Waals surface area contributed by atoms with Crippen LogP contribution in [-0.2, 0) is 0 Å². The van der Waals surface area contributed by atoms with E-state index in [1.165, 1.54) is 6.07 Å². The Kier molecular flexibility index (Phi) is 3.20. The molecule has 0 aliphatic heterocycles. The average molecular weight is 180 g/mol. The molecule has 1 N–H and O–H groups in total. The van der Waals surface area contributed by atoms with Crippen LogP contribution in [0.3, 0.4) is 0 Å². The molecule has 0 radical (unpaired) electrons. The first-order valence-electron chi connectivity index (χ1n) is 4.22. The van der Waals surface area contributed by atoms with Crippen molar-refractivity contribution in [3.05, 3.63) is 48.3 Å². The summed E-state index contributed by atoms with van der Waals surface area (Å²) in [6.07, 6.45) is 0.942. The number of aliphatic hydroxyl groups is 1. The first-order valence-corrected chi connectivity index (χ1v) is 4.22. The fourth-order valence-corrected chi connectivity index (χ4v) is 1.33. The van der Waals surface area contributed by atoms with Crippen LogP contribution in [0.5, 0.6) is 0 Å². The predicted octanol–water partition coefficient (Wildman–Crippen LogP) is 2.48. The summed E-state index contributed by atoms with van der Waals surface area (Å²) >= 11 is 0. The van der Waals surface area contributed by atoms with Crippen LogP contribution in [0.1, 0.15) is 18.4 Å². The Morgan fingerprint density at radius 3 is 2.54 bits per heavy atom. The first-order chi connectivity index (χ1) is 6.16. The van der Waals surface area contributed by atoms with Gasteiger partial charge in [0.25, 0.3) is 0 Å². The molecule has 2 atom stereocenters. The van der Waals surface area contributed by atoms with Gasteiger partial charge in [-0.1, -0.05) is 24.3 Å². The predicted molar refractivity (Wildman–Crippen MR) is 51.0 cm³/mol. The highest BCUT2D eigenvalue weighted by molar-refractivity contribution is 5.26. The molecule has 1 rings (SSSR count). The highest BCUT2D eigenvalue weighted by Crippen LogP contribution is 2.23. The Morgan fingerprint density at radius 1 is 1.46 bits per heavy atom. The van der Waals surface area contributed by atoms with Gasteiger partial charge in [0.2, 0.25) is 0 Å². The lowest BCUT2D eigenvalue weighted by Gasteiger charge is -2.16. The summed E-state index contributed by atoms with van der Waals surface area (Å²) in [6, 6.07) is 6.42. The second kappa shape index (κ2) is 4.19. The second-order valence-electron chi connectivity index (χ2n) is 3.02. The van der Waals surface area contributed by atoms with E-state index in [0.29, 0.717) is 5.56 Å². The molecule has 13 heavy (non-hydrogen) atoms. The second-order valence-corrected chi connectivity index (χ2v) is 3.02. The van der Waals surface area contributed by atoms with E-state index in [4.69, 9.17) is 0 Å². The molecule has 0 heterocycles. The van der Waals surface area contributed by atoms with Crippen molar-refractivity contribution in [2.75, 3.05) is 0 Å². The zero-order valence-electron chi connectivity index (χ0n) is 7.57. The van der Waals surface area contributed by atoms with Gasteiger partial charge in [-0.15, -0.1) is 6.58 Å². The number of rotatable bonds is 3. The molecule has 0 aliphatic rings. The highest BCUT2D eigenvalue weighted by atomic mass is 19.1. The molecular formula is C11H13FO. The van der Waals surface area contributed by atoms with Gasteiger partial charge in [-0.2, -0.15) is 0 Å². The Labute approximate surface area is 77.5 Å². The minimum Gasteiger partial charge on any atom is -0.392 e. The van der Waals surface area contributed by atoms with E-state index in [2.05, 4.69) is 6.58 Å². The topological polar surface area (TPSA) is 20.2 Å². The van der Waals surface area contributed by atoms with E-state index < -0.39 is 6.10 Å². The molecule has 0 fully saturated rings. The van der Waals surface area contributed by atoms with Crippen LogP contribution in [0.4, 0.5) is 4.39 Å². The van der Waals surface area contributed by atoms with E-state index in [9.17, 15) is 9.50 Å². The van der Waals surface area contributed by atoms with E-state index in [-0.39, 0.29) is 11.7 Å². The van der Waals surface area contributed by atoms with Crippen LogP contribution in [-0.4, -0.2) is 11.2 Å². The minimum atomic E-state index is -0.616. The molecule has 1 aromatic carbocycles. The lowest BCUT2D eigenvalue weighted by atomic mass is 9.94. The molecule has 0 aromatic heterocycles. The Bertz CT molecular complexity index is 294. The Morgan fingerprint density at radius 2 is 2.08 bits per heavy atom. The van der Waals surface area contributed by atoms with Crippen molar-refractivity contribution in [1.82, 2.24) is 0 Å². The summed E-state index contributed by atoms with van der Waals surface area (Å²) in [5, 5.41) is 9.35. The van der Waals surface area contributed by atoms with Gasteiger partial charge in [0.1, 0.15) is 5.82 Å². The standard InChI is InChI=1S/C11H13FO/c1-3-9(8(2)13)10-6-4-5-7-11(10)12/h3-9,13H,1H2,2H3/t8-,9-/m0/s1. The van der Waals surface area contributed by atoms with E-state index >= 15 is 0 Å². The maximum absolute atomic E-state index is 13.2. The van der Waals surface area contributed by atoms with E-state index in [1.54, 1.807) is 31.2 Å². The maximum atomic E-state index is 13.2. The van der Waals surface area contributed by atoms with Crippen LogP contribution in [0.25, 0.3) is 0 Å². The summed E-state index contributed by atoms with van der Waals surface area (Å²) < 4.78 is 13.2. The first kappa shape index (κ1) is 9.93. The zero-order chi connectivity index (χ0) is 9.84. The van der Waals surface area contributed by atoms with Gasteiger partial charge in [0.05, 0.1) is 6.10 Å². The fraction of sp³-hybridized carbons (Fsp3) is 0.273. The van der Waals surface area contributed by atoms with Gasteiger partial charge in [-0.25, -0.2) is 4.39 Å². The molecule has 2 heteroatoms. The van der Waals surface area contributed by atoms with Crippen LogP contribution in [0, 0.1) is 5.82 Å². The molecule has 1 nitrogen and oxygen atoms in total. The number of hydrogen-bond donors (Lipinski definition) is 1. The lowest BCUT2D eigenvalue weighted by Crippen LogP contribution is -2.13. The minimum absolute atomic E-state index is 0.298. The van der Waals surface area contributed by atoms with E-state index in [1.807, 2.05) is 0 Å². The summed E-state index contributed by atoms with van der Waals surface area (Å²) in [6.45, 7) is 5.20. The molecular weight excluding hydrogens is 167 g/mol. The third kappa shape index (κ3) is 2.16. The van der Waals surface area contributed by atoms with Gasteiger partial charge in [0, 0.05) is 5.92 Å². The zero-order valence-corrected chi connectivity index (χ0v) is 7.57. The Hall–Kier alpha value is -1.15. The number of halogens is 1. The van der Waals surface area contributed by atoms with Crippen molar-refractivity contribution in [2.24, 2.45) is 0 Å². The SMILES string of the molecule is C=C[C@H](c1ccccc1F)[C@H](C)O. The highest BCUT2D eigenvalue weighted by Gasteiger charge is 2.16. The van der Waals surface area contributed by atoms with Crippen molar-refractivity contribution >= 4 is 0 Å². The van der Waals surface area contributed by atoms with Gasteiger partial charge in [0.15, 0.2) is 0 Å². The smallest absolute Gasteiger partial charge is 0.127 e. The number of benzene rings is 1. The summed E-state index contributed by atoms with van der Waals surface area (Å²) in [5.74, 6) is -0.630. The van der Waals surface area contributed by atoms with Crippen molar-refractivity contribution in [1.29, 1.82) is 0 Å². The molecule has 70 valence electrons. The molecule has 0 amide bonds. The van der Waals surface area contributed by atoms with Gasteiger partial charge in [-0.3, -0.25) is 0 Å². The number of hydrogen-bond acceptors (Lipinski definition) is 1. The third-order valence-corrected chi connectivity index (χ3v) is 2.04. The van der Waals surface area contributed by atoms with Crippen LogP contribution >= 0.6 is 0 Å². The molecule has 0 unspecified atom stereocenters. The van der Waals surface area contributed by atoms with Gasteiger partial charge < -0.3 is 5.11 Å². The summed E-state index contributed by atoms with van der Waals surface area (Å²) in [7, 11) is 0. The lowest BCUT2D eigenvalue weighted by molar-refractivity contribution is 0.177. The summed E-state index contributed by atoms with van der Waals surface area (Å²) in [4.78, 5) is 0. The molecule has 0 aliphatic carbocycles. The van der Waals surface area contributed by atoms with Crippen molar-refractivity contribution in [2.45, 2.75) is 18.9 Å². The van der Waals surface area contributed by atoms with Gasteiger partial charge >= 0.3 is 0 Å². The molecule has 1 aromatic rings. The normalized spacial score (nSPS) is 15.0. The third-order valence-electron chi connectivity index (χ3n) is 2.04. The molecule has 0 spiro atoms. The van der Waals surface area contributed by atoms with Gasteiger partial charge in [-0.05, 0) is 18.6 Å². The average Bonchev–Trinajstić information content (AvgIpc) is 2.09. The summed E-state index contributed by atoms with van der Waals surface area (Å²) in [5.41, 5.74) is 0.493. The quantitative estimate of drug-likeness (QED) is 0.708. The van der Waals surface area contributed by atoms with Crippen LogP contribution in [0.15, 0.2) is 36.9 Å². The molecule has 0 bridgehead atoms. The van der Waals surface area contributed by atoms with E-state index in [0.717, 1.165) is 0 Å². The fourth-order valence-electron chi connectivity index (χ4n) is 1.33. The van der Waals surface area contributed by atoms with Crippen molar-refractivity contribution < 1.29 is 9.50 Å². The molecule has 0 saturated heterocycles. The number of aliphatic hydroxyl groups excluding tert-OH is 1. The molecule has 0 saturated carbocycles. The largest absolute Gasteiger partial charge is 0.392 e. The Balaban J connectivity index is 3.04. The maximum Gasteiger partial charge on any atom is 0.127 e. The monoisotopic (exact) mass is 180 g/mol. The van der Waals surface area contributed by atoms with Crippen molar-refractivity contribution in [3.8, 4) is 0 Å². The van der Waals surface area contributed by atoms with Crippen molar-refractivity contribution in [3.63, 3.8) is 0 Å².